The van der Waals surface area contributed by atoms with Gasteiger partial charge >= 0.3 is 0 Å². The van der Waals surface area contributed by atoms with Gasteiger partial charge in [0.2, 0.25) is 27.8 Å². The summed E-state index contributed by atoms with van der Waals surface area (Å²) in [7, 11) is -3.46. The van der Waals surface area contributed by atoms with Crippen LogP contribution >= 0.6 is 0 Å². The molecule has 7 aliphatic rings. The van der Waals surface area contributed by atoms with Gasteiger partial charge in [-0.1, -0.05) is 0 Å². The van der Waals surface area contributed by atoms with Crippen molar-refractivity contribution in [3.8, 4) is 0 Å². The number of hydrogen-bond acceptors (Lipinski definition) is 13. The molecule has 10 rings (SSSR count). The van der Waals surface area contributed by atoms with Crippen LogP contribution in [0.2, 0.25) is 0 Å². The van der Waals surface area contributed by atoms with Crippen molar-refractivity contribution in [1.82, 2.24) is 34.0 Å². The van der Waals surface area contributed by atoms with Gasteiger partial charge in [0.15, 0.2) is 0 Å². The van der Waals surface area contributed by atoms with Crippen molar-refractivity contribution in [2.24, 2.45) is 11.3 Å². The van der Waals surface area contributed by atoms with Crippen LogP contribution in [0.5, 0.6) is 0 Å². The predicted molar refractivity (Wildman–Crippen MR) is 243 cm³/mol. The number of likely N-dealkylation sites (tertiary alicyclic amines) is 1. The number of carbonyl (C=O) groups excluding carboxylic acids is 4. The van der Waals surface area contributed by atoms with Gasteiger partial charge in [0.1, 0.15) is 17.5 Å². The highest BCUT2D eigenvalue weighted by atomic mass is 32.2. The Hall–Kier alpha value is -4.85. The summed E-state index contributed by atoms with van der Waals surface area (Å²) in [5, 5.41) is 16.9. The zero-order valence-corrected chi connectivity index (χ0v) is 38.4. The van der Waals surface area contributed by atoms with Crippen molar-refractivity contribution < 1.29 is 37.1 Å². The molecule has 1 aromatic carbocycles. The maximum Gasteiger partial charge on any atom is 0.262 e. The van der Waals surface area contributed by atoms with Gasteiger partial charge < -0.3 is 20.2 Å². The molecular formula is C47H60FN9O8S. The molecule has 3 atom stereocenters. The first-order valence-corrected chi connectivity index (χ1v) is 25.5. The van der Waals surface area contributed by atoms with Gasteiger partial charge in [-0.15, -0.1) is 0 Å². The smallest absolute Gasteiger partial charge is 0.262 e. The minimum Gasteiger partial charge on any atom is -0.388 e. The number of imide groups is 2. The molecule has 3 N–H and O–H groups in total. The topological polar surface area (TPSA) is 207 Å². The van der Waals surface area contributed by atoms with Crippen LogP contribution in [-0.4, -0.2) is 135 Å². The fraction of sp³-hybridized carbons (Fsp3) is 0.638. The molecule has 4 amide bonds. The minimum absolute atomic E-state index is 0.0140. The number of fused-ring (bicyclic) bond motifs is 2. The standard InChI is InChI=1S/C47H60FN9O8S/c1-46(63)14-2-3-38(46)57-40(59)7-4-30-27-49-45(52-41(30)57)50-31-10-21-55(22-11-31)66(64,65)32-12-19-53(20-13-32)28-29-8-15-47(16-9-29)17-23-54(24-18-47)37-26-34-33(25-35(37)48)43(61)56(44(34)62)36-5-6-39(58)51-42(36)60/h4,7,25-27,29,31-32,36,38,63H,2-3,5-6,8-24,28H2,1H3,(H,49,50,52)(H,51,58,60)/t36?,38-,46-/m1/s1. The van der Waals surface area contributed by atoms with Gasteiger partial charge in [0.25, 0.3) is 17.4 Å². The average Bonchev–Trinajstić information content (AvgIpc) is 3.77. The molecule has 1 unspecified atom stereocenters. The van der Waals surface area contributed by atoms with Gasteiger partial charge in [-0.3, -0.25) is 38.8 Å². The van der Waals surface area contributed by atoms with Crippen LogP contribution in [0.25, 0.3) is 11.0 Å². The van der Waals surface area contributed by atoms with E-state index in [0.29, 0.717) is 82.2 Å². The van der Waals surface area contributed by atoms with Gasteiger partial charge in [-0.2, -0.15) is 4.98 Å². The molecule has 5 aliphatic heterocycles. The maximum atomic E-state index is 15.6. The van der Waals surface area contributed by atoms with E-state index in [1.807, 2.05) is 4.90 Å². The predicted octanol–water partition coefficient (Wildman–Crippen LogP) is 3.96. The summed E-state index contributed by atoms with van der Waals surface area (Å²) in [6, 6.07) is 4.28. The summed E-state index contributed by atoms with van der Waals surface area (Å²) in [5.41, 5.74) is -0.244. The van der Waals surface area contributed by atoms with E-state index in [4.69, 9.17) is 4.98 Å². The molecular weight excluding hydrogens is 870 g/mol. The number of piperidine rings is 4. The number of carbonyl (C=O) groups is 4. The lowest BCUT2D eigenvalue weighted by molar-refractivity contribution is -0.136. The number of benzene rings is 1. The number of halogens is 1. The van der Waals surface area contributed by atoms with Crippen molar-refractivity contribution in [3.63, 3.8) is 0 Å². The zero-order valence-electron chi connectivity index (χ0n) is 37.6. The van der Waals surface area contributed by atoms with Crippen LogP contribution in [0.3, 0.4) is 0 Å². The lowest BCUT2D eigenvalue weighted by Crippen LogP contribution is -2.54. The Labute approximate surface area is 383 Å². The van der Waals surface area contributed by atoms with Gasteiger partial charge in [-0.25, -0.2) is 22.1 Å². The molecule has 2 aliphatic carbocycles. The van der Waals surface area contributed by atoms with Gasteiger partial charge in [-0.05, 0) is 139 Å². The third-order valence-corrected chi connectivity index (χ3v) is 18.7. The lowest BCUT2D eigenvalue weighted by Gasteiger charge is -2.47. The highest BCUT2D eigenvalue weighted by molar-refractivity contribution is 7.89. The van der Waals surface area contributed by atoms with Gasteiger partial charge in [0, 0.05) is 62.8 Å². The van der Waals surface area contributed by atoms with Crippen molar-refractivity contribution in [1.29, 1.82) is 0 Å². The van der Waals surface area contributed by atoms with E-state index in [-0.39, 0.29) is 52.7 Å². The molecule has 2 aromatic heterocycles. The molecule has 4 saturated heterocycles. The Bertz CT molecular complexity index is 2610. The molecule has 66 heavy (non-hydrogen) atoms. The summed E-state index contributed by atoms with van der Waals surface area (Å²) >= 11 is 0. The number of anilines is 2. The second kappa shape index (κ2) is 17.3. The number of nitrogens with zero attached hydrogens (tertiary/aromatic N) is 7. The molecule has 354 valence electrons. The fourth-order valence-corrected chi connectivity index (χ4v) is 14.2. The molecule has 17 nitrogen and oxygen atoms in total. The number of aliphatic hydroxyl groups is 1. The molecule has 1 spiro atoms. The first-order valence-electron chi connectivity index (χ1n) is 24.0. The van der Waals surface area contributed by atoms with E-state index in [2.05, 4.69) is 20.5 Å². The SMILES string of the molecule is C[C@@]1(O)CCC[C@H]1n1c(=O)ccc2cnc(NC3CCN(S(=O)(=O)C4CCN(CC5CCC6(CC5)CCN(c5cc7c(cc5F)C(=O)N(C5CCC(=O)NC5=O)C7=O)CC6)CC4)CC3)nc21. The van der Waals surface area contributed by atoms with E-state index in [9.17, 15) is 37.5 Å². The quantitative estimate of drug-likeness (QED) is 0.260. The van der Waals surface area contributed by atoms with Crippen LogP contribution < -0.4 is 21.1 Å². The third kappa shape index (κ3) is 8.31. The number of sulfonamides is 1. The average molecular weight is 930 g/mol. The highest BCUT2D eigenvalue weighted by Gasteiger charge is 2.47. The Balaban J connectivity index is 0.672. The second-order valence-electron chi connectivity index (χ2n) is 20.4. The van der Waals surface area contributed by atoms with Crippen LogP contribution in [-0.2, 0) is 19.6 Å². The number of rotatable bonds is 9. The Morgan fingerprint density at radius 3 is 2.21 bits per heavy atom. The third-order valence-electron chi connectivity index (χ3n) is 16.3. The first kappa shape index (κ1) is 45.0. The molecule has 0 bridgehead atoms. The van der Waals surface area contributed by atoms with Crippen LogP contribution in [0.15, 0.2) is 35.3 Å². The van der Waals surface area contributed by atoms with E-state index < -0.39 is 56.4 Å². The molecule has 3 aromatic rings. The van der Waals surface area contributed by atoms with Crippen molar-refractivity contribution in [2.75, 3.05) is 56.0 Å². The van der Waals surface area contributed by atoms with Crippen molar-refractivity contribution >= 4 is 56.3 Å². The Kier molecular flexibility index (Phi) is 11.8. The summed E-state index contributed by atoms with van der Waals surface area (Å²) in [6.45, 7) is 6.33. The molecule has 19 heteroatoms. The van der Waals surface area contributed by atoms with E-state index in [1.54, 1.807) is 28.1 Å². The minimum atomic E-state index is -3.46. The molecule has 7 heterocycles. The molecule has 0 radical (unpaired) electrons. The van der Waals surface area contributed by atoms with Crippen LogP contribution in [0.4, 0.5) is 16.0 Å². The van der Waals surface area contributed by atoms with Crippen LogP contribution in [0.1, 0.15) is 130 Å². The van der Waals surface area contributed by atoms with Crippen molar-refractivity contribution in [3.05, 3.63) is 57.8 Å². The van der Waals surface area contributed by atoms with Gasteiger partial charge in [0.05, 0.1) is 33.7 Å². The maximum absolute atomic E-state index is 15.6. The number of amides is 4. The zero-order chi connectivity index (χ0) is 46.1. The van der Waals surface area contributed by atoms with Crippen molar-refractivity contribution in [2.45, 2.75) is 132 Å². The second-order valence-corrected chi connectivity index (χ2v) is 22.6. The lowest BCUT2D eigenvalue weighted by atomic mass is 9.65. The number of pyridine rings is 1. The van der Waals surface area contributed by atoms with E-state index >= 15 is 4.39 Å². The van der Waals surface area contributed by atoms with Crippen LogP contribution in [0, 0.1) is 17.2 Å². The fourth-order valence-electron chi connectivity index (χ4n) is 12.3. The number of aromatic nitrogens is 3. The van der Waals surface area contributed by atoms with E-state index in [0.717, 1.165) is 80.9 Å². The summed E-state index contributed by atoms with van der Waals surface area (Å²) in [6.07, 6.45) is 12.5. The first-order chi connectivity index (χ1) is 31.6. The molecule has 2 saturated carbocycles. The Morgan fingerprint density at radius 1 is 0.848 bits per heavy atom. The monoisotopic (exact) mass is 929 g/mol. The Morgan fingerprint density at radius 2 is 1.55 bits per heavy atom. The highest BCUT2D eigenvalue weighted by Crippen LogP contribution is 2.48. The van der Waals surface area contributed by atoms with E-state index in [1.165, 1.54) is 12.1 Å². The number of hydrogen-bond donors (Lipinski definition) is 3. The number of nitrogens with one attached hydrogen (secondary N) is 2. The largest absolute Gasteiger partial charge is 0.388 e. The summed E-state index contributed by atoms with van der Waals surface area (Å²) in [5.74, 6) is -2.17. The summed E-state index contributed by atoms with van der Waals surface area (Å²) < 4.78 is 46.7. The molecule has 6 fully saturated rings. The summed E-state index contributed by atoms with van der Waals surface area (Å²) in [4.78, 5) is 78.3. The normalized spacial score (nSPS) is 27.6.